The quantitative estimate of drug-likeness (QED) is 0.806. The molecule has 0 saturated carbocycles. The lowest BCUT2D eigenvalue weighted by molar-refractivity contribution is -0.137. The van der Waals surface area contributed by atoms with Crippen molar-refractivity contribution in [2.75, 3.05) is 13.1 Å². The van der Waals surface area contributed by atoms with Gasteiger partial charge in [-0.2, -0.15) is 0 Å². The van der Waals surface area contributed by atoms with Gasteiger partial charge in [0, 0.05) is 19.3 Å². The number of aliphatic carboxylic acids is 1. The summed E-state index contributed by atoms with van der Waals surface area (Å²) in [6.07, 6.45) is 2.07. The van der Waals surface area contributed by atoms with Crippen molar-refractivity contribution < 1.29 is 19.5 Å². The van der Waals surface area contributed by atoms with Gasteiger partial charge in [0.25, 0.3) is 5.91 Å². The van der Waals surface area contributed by atoms with Crippen LogP contribution < -0.4 is 5.32 Å². The largest absolute Gasteiger partial charge is 0.480 e. The third kappa shape index (κ3) is 2.66. The number of rotatable bonds is 4. The maximum absolute atomic E-state index is 12.5. The Morgan fingerprint density at radius 2 is 2.25 bits per heavy atom. The number of hydrogen-bond acceptors (Lipinski definition) is 3. The van der Waals surface area contributed by atoms with Crippen LogP contribution in [0, 0.1) is 0 Å². The summed E-state index contributed by atoms with van der Waals surface area (Å²) >= 11 is 0. The smallest absolute Gasteiger partial charge is 0.323 e. The highest BCUT2D eigenvalue weighted by Crippen LogP contribution is 2.14. The topological polar surface area (TPSA) is 91.6 Å². The number of carbonyl (C=O) groups excluding carboxylic acids is 2. The molecule has 0 aromatic carbocycles. The van der Waals surface area contributed by atoms with Crippen LogP contribution in [0.3, 0.4) is 0 Å². The predicted molar refractivity (Wildman–Crippen MR) is 70.2 cm³/mol. The normalized spacial score (nSPS) is 18.8. The first-order chi connectivity index (χ1) is 9.54. The number of amides is 2. The molecule has 0 aliphatic carbocycles. The second-order valence-electron chi connectivity index (χ2n) is 4.63. The van der Waals surface area contributed by atoms with Gasteiger partial charge in [-0.25, -0.2) is 0 Å². The van der Waals surface area contributed by atoms with Crippen LogP contribution in [0.15, 0.2) is 18.3 Å². The number of hydrogen-bond donors (Lipinski definition) is 2. The first kappa shape index (κ1) is 14.1. The third-order valence-electron chi connectivity index (χ3n) is 3.33. The average molecular weight is 279 g/mol. The molecular weight excluding hydrogens is 262 g/mol. The van der Waals surface area contributed by atoms with Gasteiger partial charge in [0.05, 0.1) is 0 Å². The van der Waals surface area contributed by atoms with Crippen molar-refractivity contribution in [2.45, 2.75) is 25.9 Å². The minimum atomic E-state index is -1.02. The van der Waals surface area contributed by atoms with E-state index in [0.717, 1.165) is 0 Å². The van der Waals surface area contributed by atoms with Gasteiger partial charge in [-0.15, -0.1) is 0 Å². The lowest BCUT2D eigenvalue weighted by Crippen LogP contribution is -2.57. The molecule has 7 nitrogen and oxygen atoms in total. The van der Waals surface area contributed by atoms with Gasteiger partial charge in [-0.1, -0.05) is 6.92 Å². The van der Waals surface area contributed by atoms with Crippen molar-refractivity contribution in [3.05, 3.63) is 24.0 Å². The molecule has 1 fully saturated rings. The van der Waals surface area contributed by atoms with E-state index in [9.17, 15) is 14.4 Å². The SMILES string of the molecule is CCC1C(=O)NCCN1C(=O)c1cccn1CC(=O)O. The van der Waals surface area contributed by atoms with Crippen LogP contribution in [0.25, 0.3) is 0 Å². The molecule has 1 aromatic rings. The Hall–Kier alpha value is -2.31. The molecule has 1 aliphatic heterocycles. The molecule has 1 atom stereocenters. The molecule has 108 valence electrons. The van der Waals surface area contributed by atoms with Crippen molar-refractivity contribution in [1.29, 1.82) is 0 Å². The van der Waals surface area contributed by atoms with Crippen molar-refractivity contribution in [3.63, 3.8) is 0 Å². The summed E-state index contributed by atoms with van der Waals surface area (Å²) in [7, 11) is 0. The molecule has 2 amide bonds. The molecule has 1 unspecified atom stereocenters. The number of nitrogens with one attached hydrogen (secondary N) is 1. The van der Waals surface area contributed by atoms with Crippen LogP contribution in [-0.4, -0.2) is 51.5 Å². The number of piperazine rings is 1. The molecule has 7 heteroatoms. The fraction of sp³-hybridized carbons (Fsp3) is 0.462. The standard InChI is InChI=1S/C13H17N3O4/c1-2-9-12(19)14-5-7-16(9)13(20)10-4-3-6-15(10)8-11(17)18/h3-4,6,9H,2,5,7-8H2,1H3,(H,14,19)(H,17,18). The molecule has 2 heterocycles. The van der Waals surface area contributed by atoms with E-state index in [1.54, 1.807) is 18.3 Å². The zero-order valence-corrected chi connectivity index (χ0v) is 11.2. The number of carbonyl (C=O) groups is 3. The van der Waals surface area contributed by atoms with E-state index in [2.05, 4.69) is 5.32 Å². The van der Waals surface area contributed by atoms with Gasteiger partial charge in [-0.3, -0.25) is 14.4 Å². The Balaban J connectivity index is 2.24. The van der Waals surface area contributed by atoms with Crippen LogP contribution in [0.2, 0.25) is 0 Å². The Bertz CT molecular complexity index is 537. The van der Waals surface area contributed by atoms with Crippen LogP contribution in [0.4, 0.5) is 0 Å². The maximum Gasteiger partial charge on any atom is 0.323 e. The van der Waals surface area contributed by atoms with Gasteiger partial charge >= 0.3 is 5.97 Å². The number of carboxylic acid groups (broad SMARTS) is 1. The second kappa shape index (κ2) is 5.77. The molecule has 2 N–H and O–H groups in total. The number of carboxylic acids is 1. The van der Waals surface area contributed by atoms with E-state index in [4.69, 9.17) is 5.11 Å². The average Bonchev–Trinajstić information content (AvgIpc) is 2.84. The first-order valence-electron chi connectivity index (χ1n) is 6.50. The second-order valence-corrected chi connectivity index (χ2v) is 4.63. The monoisotopic (exact) mass is 279 g/mol. The van der Waals surface area contributed by atoms with Crippen molar-refractivity contribution >= 4 is 17.8 Å². The molecule has 1 aromatic heterocycles. The lowest BCUT2D eigenvalue weighted by atomic mass is 10.1. The zero-order chi connectivity index (χ0) is 14.7. The number of nitrogens with zero attached hydrogens (tertiary/aromatic N) is 2. The van der Waals surface area contributed by atoms with Crippen molar-refractivity contribution in [3.8, 4) is 0 Å². The Kier molecular flexibility index (Phi) is 4.07. The van der Waals surface area contributed by atoms with Gasteiger partial charge in [0.1, 0.15) is 18.3 Å². The summed E-state index contributed by atoms with van der Waals surface area (Å²) in [5.74, 6) is -1.49. The number of aromatic nitrogens is 1. The minimum Gasteiger partial charge on any atom is -0.480 e. The van der Waals surface area contributed by atoms with E-state index in [0.29, 0.717) is 25.2 Å². The fourth-order valence-corrected chi connectivity index (χ4v) is 2.40. The van der Waals surface area contributed by atoms with Crippen LogP contribution >= 0.6 is 0 Å². The van der Waals surface area contributed by atoms with Crippen molar-refractivity contribution in [2.24, 2.45) is 0 Å². The van der Waals surface area contributed by atoms with Crippen LogP contribution in [-0.2, 0) is 16.1 Å². The summed E-state index contributed by atoms with van der Waals surface area (Å²) in [5, 5.41) is 11.6. The van der Waals surface area contributed by atoms with E-state index in [1.165, 1.54) is 9.47 Å². The van der Waals surface area contributed by atoms with E-state index in [-0.39, 0.29) is 18.4 Å². The molecule has 0 spiro atoms. The summed E-state index contributed by atoms with van der Waals surface area (Å²) < 4.78 is 1.38. The van der Waals surface area contributed by atoms with Gasteiger partial charge in [0.2, 0.25) is 5.91 Å². The lowest BCUT2D eigenvalue weighted by Gasteiger charge is -2.34. The molecular formula is C13H17N3O4. The van der Waals surface area contributed by atoms with Crippen molar-refractivity contribution in [1.82, 2.24) is 14.8 Å². The van der Waals surface area contributed by atoms with E-state index in [1.807, 2.05) is 6.92 Å². The highest BCUT2D eigenvalue weighted by atomic mass is 16.4. The summed E-state index contributed by atoms with van der Waals surface area (Å²) in [6, 6.07) is 2.70. The summed E-state index contributed by atoms with van der Waals surface area (Å²) in [4.78, 5) is 36.6. The Morgan fingerprint density at radius 3 is 2.90 bits per heavy atom. The zero-order valence-electron chi connectivity index (χ0n) is 11.2. The Labute approximate surface area is 116 Å². The third-order valence-corrected chi connectivity index (χ3v) is 3.33. The molecule has 2 rings (SSSR count). The summed E-state index contributed by atoms with van der Waals surface area (Å²) in [6.45, 7) is 2.42. The first-order valence-corrected chi connectivity index (χ1v) is 6.50. The van der Waals surface area contributed by atoms with Gasteiger partial charge < -0.3 is 19.9 Å². The van der Waals surface area contributed by atoms with Gasteiger partial charge in [-0.05, 0) is 18.6 Å². The molecule has 1 saturated heterocycles. The van der Waals surface area contributed by atoms with Crippen LogP contribution in [0.5, 0.6) is 0 Å². The highest BCUT2D eigenvalue weighted by molar-refractivity contribution is 5.97. The maximum atomic E-state index is 12.5. The molecule has 20 heavy (non-hydrogen) atoms. The molecule has 0 bridgehead atoms. The Morgan fingerprint density at radius 1 is 1.50 bits per heavy atom. The van der Waals surface area contributed by atoms with E-state index < -0.39 is 12.0 Å². The molecule has 1 aliphatic rings. The van der Waals surface area contributed by atoms with Crippen LogP contribution in [0.1, 0.15) is 23.8 Å². The minimum absolute atomic E-state index is 0.163. The molecule has 0 radical (unpaired) electrons. The van der Waals surface area contributed by atoms with Gasteiger partial charge in [0.15, 0.2) is 0 Å². The fourth-order valence-electron chi connectivity index (χ4n) is 2.40. The summed E-state index contributed by atoms with van der Waals surface area (Å²) in [5.41, 5.74) is 0.292. The highest BCUT2D eigenvalue weighted by Gasteiger charge is 2.33. The predicted octanol–water partition coefficient (Wildman–Crippen LogP) is -0.0767. The van der Waals surface area contributed by atoms with E-state index >= 15 is 0 Å².